The Morgan fingerprint density at radius 3 is 2.62 bits per heavy atom. The van der Waals surface area contributed by atoms with E-state index in [1.807, 2.05) is 30.3 Å². The molecule has 1 fully saturated rings. The van der Waals surface area contributed by atoms with Crippen LogP contribution in [0.3, 0.4) is 0 Å². The van der Waals surface area contributed by atoms with E-state index in [0.717, 1.165) is 49.1 Å². The first kappa shape index (κ1) is 21.4. The van der Waals surface area contributed by atoms with Crippen LogP contribution in [0.15, 0.2) is 42.5 Å². The Hall–Kier alpha value is -2.27. The number of likely N-dealkylation sites (tertiary alicyclic amines) is 1. The van der Waals surface area contributed by atoms with Crippen molar-refractivity contribution in [2.45, 2.75) is 33.2 Å². The fraction of sp³-hybridized carbons (Fsp3) is 0.500. The Kier molecular flexibility index (Phi) is 7.76. The normalized spacial score (nSPS) is 15.3. The Morgan fingerprint density at radius 1 is 1.14 bits per heavy atom. The maximum atomic E-state index is 14.6. The number of piperidine rings is 1. The second-order valence-electron chi connectivity index (χ2n) is 7.85. The molecule has 3 rings (SSSR count). The zero-order valence-corrected chi connectivity index (χ0v) is 17.9. The Balaban J connectivity index is 1.55. The fourth-order valence-corrected chi connectivity index (χ4v) is 3.74. The van der Waals surface area contributed by atoms with Crippen molar-refractivity contribution in [3.63, 3.8) is 0 Å². The summed E-state index contributed by atoms with van der Waals surface area (Å²) in [5, 5.41) is 0. The summed E-state index contributed by atoms with van der Waals surface area (Å²) >= 11 is 0. The average molecular weight is 401 g/mol. The Labute approximate surface area is 174 Å². The van der Waals surface area contributed by atoms with Crippen molar-refractivity contribution >= 4 is 5.69 Å². The molecule has 5 heteroatoms. The van der Waals surface area contributed by atoms with Crippen molar-refractivity contribution in [2.75, 3.05) is 44.8 Å². The molecule has 1 saturated heterocycles. The number of rotatable bonds is 9. The molecule has 2 aromatic carbocycles. The van der Waals surface area contributed by atoms with E-state index >= 15 is 0 Å². The van der Waals surface area contributed by atoms with Gasteiger partial charge in [-0.15, -0.1) is 0 Å². The van der Waals surface area contributed by atoms with E-state index in [4.69, 9.17) is 9.47 Å². The maximum Gasteiger partial charge on any atom is 0.165 e. The summed E-state index contributed by atoms with van der Waals surface area (Å²) in [6.07, 6.45) is 2.48. The lowest BCUT2D eigenvalue weighted by molar-refractivity contribution is 0.158. The van der Waals surface area contributed by atoms with Crippen molar-refractivity contribution in [3.05, 3.63) is 53.8 Å². The number of benzene rings is 2. The van der Waals surface area contributed by atoms with Gasteiger partial charge in [-0.1, -0.05) is 19.1 Å². The fourth-order valence-electron chi connectivity index (χ4n) is 3.74. The van der Waals surface area contributed by atoms with Crippen LogP contribution in [0.5, 0.6) is 11.5 Å². The summed E-state index contributed by atoms with van der Waals surface area (Å²) in [5.41, 5.74) is 1.98. The van der Waals surface area contributed by atoms with Crippen LogP contribution in [0, 0.1) is 11.7 Å². The molecule has 0 amide bonds. The van der Waals surface area contributed by atoms with Crippen LogP contribution in [0.2, 0.25) is 0 Å². The summed E-state index contributed by atoms with van der Waals surface area (Å²) in [5.74, 6) is 1.68. The first-order chi connectivity index (χ1) is 14.1. The van der Waals surface area contributed by atoms with Gasteiger partial charge in [-0.25, -0.2) is 4.39 Å². The monoisotopic (exact) mass is 400 g/mol. The van der Waals surface area contributed by atoms with E-state index in [-0.39, 0.29) is 5.82 Å². The molecule has 0 aliphatic carbocycles. The molecule has 158 valence electrons. The molecule has 0 unspecified atom stereocenters. The molecule has 0 atom stereocenters. The lowest BCUT2D eigenvalue weighted by Gasteiger charge is -2.29. The third-order valence-electron chi connectivity index (χ3n) is 5.71. The van der Waals surface area contributed by atoms with E-state index < -0.39 is 0 Å². The third kappa shape index (κ3) is 6.10. The summed E-state index contributed by atoms with van der Waals surface area (Å²) in [7, 11) is 1.66. The van der Waals surface area contributed by atoms with Crippen LogP contribution < -0.4 is 14.4 Å². The van der Waals surface area contributed by atoms with Gasteiger partial charge in [0.2, 0.25) is 0 Å². The van der Waals surface area contributed by atoms with Gasteiger partial charge in [0, 0.05) is 31.4 Å². The van der Waals surface area contributed by atoms with Crippen molar-refractivity contribution in [1.29, 1.82) is 0 Å². The Morgan fingerprint density at radius 2 is 1.93 bits per heavy atom. The number of anilines is 1. The van der Waals surface area contributed by atoms with Crippen molar-refractivity contribution < 1.29 is 13.9 Å². The highest BCUT2D eigenvalue weighted by Crippen LogP contribution is 2.24. The largest absolute Gasteiger partial charge is 0.497 e. The van der Waals surface area contributed by atoms with Crippen LogP contribution in [0.1, 0.15) is 32.3 Å². The smallest absolute Gasteiger partial charge is 0.165 e. The molecular formula is C24H33FN2O2. The predicted octanol–water partition coefficient (Wildman–Crippen LogP) is 4.97. The average Bonchev–Trinajstić information content (AvgIpc) is 2.75. The zero-order chi connectivity index (χ0) is 20.6. The van der Waals surface area contributed by atoms with Gasteiger partial charge in [0.25, 0.3) is 0 Å². The summed E-state index contributed by atoms with van der Waals surface area (Å²) in [4.78, 5) is 4.59. The summed E-state index contributed by atoms with van der Waals surface area (Å²) < 4.78 is 25.6. The van der Waals surface area contributed by atoms with Crippen molar-refractivity contribution in [1.82, 2.24) is 4.90 Å². The minimum atomic E-state index is -0.295. The van der Waals surface area contributed by atoms with Gasteiger partial charge in [0.05, 0.1) is 7.11 Å². The standard InChI is InChI=1S/C24H33FN2O2/c1-4-27(21-6-5-7-22(17-21)28-3)18-20-8-9-24(23(25)16-20)29-15-14-26-12-10-19(2)11-13-26/h5-9,16-17,19H,4,10-15,18H2,1-3H3. The molecule has 1 aliphatic rings. The number of ether oxygens (including phenoxy) is 2. The topological polar surface area (TPSA) is 24.9 Å². The van der Waals surface area contributed by atoms with Gasteiger partial charge >= 0.3 is 0 Å². The molecule has 0 bridgehead atoms. The number of halogens is 1. The molecular weight excluding hydrogens is 367 g/mol. The SMILES string of the molecule is CCN(Cc1ccc(OCCN2CCC(C)CC2)c(F)c1)c1cccc(OC)c1. The van der Waals surface area contributed by atoms with E-state index in [9.17, 15) is 4.39 Å². The molecule has 0 radical (unpaired) electrons. The predicted molar refractivity (Wildman–Crippen MR) is 116 cm³/mol. The molecule has 0 N–H and O–H groups in total. The second-order valence-corrected chi connectivity index (χ2v) is 7.85. The first-order valence-corrected chi connectivity index (χ1v) is 10.6. The number of hydrogen-bond acceptors (Lipinski definition) is 4. The van der Waals surface area contributed by atoms with Crippen LogP contribution in [-0.2, 0) is 6.54 Å². The number of methoxy groups -OCH3 is 1. The highest BCUT2D eigenvalue weighted by Gasteiger charge is 2.15. The molecule has 1 aliphatic heterocycles. The molecule has 2 aromatic rings. The highest BCUT2D eigenvalue weighted by atomic mass is 19.1. The lowest BCUT2D eigenvalue weighted by atomic mass is 9.99. The lowest BCUT2D eigenvalue weighted by Crippen LogP contribution is -2.35. The van der Waals surface area contributed by atoms with Crippen molar-refractivity contribution in [3.8, 4) is 11.5 Å². The van der Waals surface area contributed by atoms with Gasteiger partial charge in [0.1, 0.15) is 12.4 Å². The molecule has 29 heavy (non-hydrogen) atoms. The van der Waals surface area contributed by atoms with Gasteiger partial charge in [-0.3, -0.25) is 4.90 Å². The van der Waals surface area contributed by atoms with Gasteiger partial charge in [-0.2, -0.15) is 0 Å². The molecule has 0 aromatic heterocycles. The summed E-state index contributed by atoms with van der Waals surface area (Å²) in [6, 6.07) is 13.2. The zero-order valence-electron chi connectivity index (χ0n) is 17.9. The van der Waals surface area contributed by atoms with Crippen LogP contribution >= 0.6 is 0 Å². The van der Waals surface area contributed by atoms with Gasteiger partial charge in [0.15, 0.2) is 11.6 Å². The van der Waals surface area contributed by atoms with E-state index in [0.29, 0.717) is 18.9 Å². The van der Waals surface area contributed by atoms with Gasteiger partial charge < -0.3 is 14.4 Å². The van der Waals surface area contributed by atoms with Crippen molar-refractivity contribution in [2.24, 2.45) is 5.92 Å². The number of nitrogens with zero attached hydrogens (tertiary/aromatic N) is 2. The minimum absolute atomic E-state index is 0.295. The molecule has 1 heterocycles. The third-order valence-corrected chi connectivity index (χ3v) is 5.71. The van der Waals surface area contributed by atoms with Crippen LogP contribution in [0.25, 0.3) is 0 Å². The minimum Gasteiger partial charge on any atom is -0.497 e. The second kappa shape index (κ2) is 10.5. The van der Waals surface area contributed by atoms with Gasteiger partial charge in [-0.05, 0) is 68.6 Å². The maximum absolute atomic E-state index is 14.6. The van der Waals surface area contributed by atoms with Crippen LogP contribution in [0.4, 0.5) is 10.1 Å². The molecule has 0 spiro atoms. The van der Waals surface area contributed by atoms with Crippen LogP contribution in [-0.4, -0.2) is 44.8 Å². The summed E-state index contributed by atoms with van der Waals surface area (Å²) in [6.45, 7) is 9.46. The van der Waals surface area contributed by atoms with E-state index in [1.165, 1.54) is 12.8 Å². The quantitative estimate of drug-likeness (QED) is 0.593. The highest BCUT2D eigenvalue weighted by molar-refractivity contribution is 5.51. The molecule has 4 nitrogen and oxygen atoms in total. The first-order valence-electron chi connectivity index (χ1n) is 10.6. The molecule has 0 saturated carbocycles. The van der Waals surface area contributed by atoms with E-state index in [2.05, 4.69) is 23.6 Å². The number of hydrogen-bond donors (Lipinski definition) is 0. The van der Waals surface area contributed by atoms with E-state index in [1.54, 1.807) is 19.2 Å². The Bertz CT molecular complexity index is 775.